The summed E-state index contributed by atoms with van der Waals surface area (Å²) < 4.78 is 12.8. The van der Waals surface area contributed by atoms with Gasteiger partial charge in [0.2, 0.25) is 6.79 Å². The minimum Gasteiger partial charge on any atom is -0.454 e. The van der Waals surface area contributed by atoms with Crippen LogP contribution in [0.2, 0.25) is 0 Å². The fourth-order valence-electron chi connectivity index (χ4n) is 2.43. The molecule has 122 valence electrons. The number of carbonyl (C=O) groups is 1. The van der Waals surface area contributed by atoms with E-state index in [0.29, 0.717) is 27.7 Å². The van der Waals surface area contributed by atoms with Crippen molar-refractivity contribution in [2.75, 3.05) is 6.79 Å². The van der Waals surface area contributed by atoms with Crippen LogP contribution >= 0.6 is 12.2 Å². The smallest absolute Gasteiger partial charge is 0.252 e. The molecule has 1 aliphatic rings. The standard InChI is InChI=1S/C15H18N4O3S/c1-8(2)12(13-17-18-15(23)19(13)3)16-14(20)9-4-5-10-11(6-9)22-7-21-10/h4-6,8,12H,7H2,1-3H3,(H,16,20)(H,18,23)/t12-/m0/s1. The van der Waals surface area contributed by atoms with Crippen LogP contribution in [0.5, 0.6) is 11.5 Å². The molecule has 23 heavy (non-hydrogen) atoms. The van der Waals surface area contributed by atoms with Gasteiger partial charge in [-0.25, -0.2) is 0 Å². The van der Waals surface area contributed by atoms with E-state index in [1.54, 1.807) is 22.8 Å². The first-order valence-electron chi connectivity index (χ1n) is 7.29. The number of nitrogens with zero attached hydrogens (tertiary/aromatic N) is 2. The molecule has 0 spiro atoms. The van der Waals surface area contributed by atoms with Gasteiger partial charge in [-0.2, -0.15) is 5.10 Å². The van der Waals surface area contributed by atoms with Gasteiger partial charge < -0.3 is 19.4 Å². The Morgan fingerprint density at radius 1 is 1.39 bits per heavy atom. The highest BCUT2D eigenvalue weighted by Gasteiger charge is 2.24. The first-order valence-corrected chi connectivity index (χ1v) is 7.70. The van der Waals surface area contributed by atoms with Crippen LogP contribution in [0.15, 0.2) is 18.2 Å². The van der Waals surface area contributed by atoms with Crippen molar-refractivity contribution in [3.05, 3.63) is 34.4 Å². The second-order valence-corrected chi connectivity index (χ2v) is 6.10. The van der Waals surface area contributed by atoms with E-state index in [4.69, 9.17) is 21.7 Å². The third-order valence-electron chi connectivity index (χ3n) is 3.78. The number of amides is 1. The average molecular weight is 334 g/mol. The van der Waals surface area contributed by atoms with Gasteiger partial charge in [0.15, 0.2) is 22.1 Å². The van der Waals surface area contributed by atoms with E-state index in [9.17, 15) is 4.79 Å². The fraction of sp³-hybridized carbons (Fsp3) is 0.400. The van der Waals surface area contributed by atoms with Crippen molar-refractivity contribution in [2.24, 2.45) is 13.0 Å². The number of nitrogens with one attached hydrogen (secondary N) is 2. The van der Waals surface area contributed by atoms with Crippen molar-refractivity contribution in [1.29, 1.82) is 0 Å². The minimum atomic E-state index is -0.258. The average Bonchev–Trinajstić information content (AvgIpc) is 3.11. The lowest BCUT2D eigenvalue weighted by molar-refractivity contribution is 0.0922. The first-order chi connectivity index (χ1) is 11.0. The maximum atomic E-state index is 12.6. The highest BCUT2D eigenvalue weighted by Crippen LogP contribution is 2.32. The Bertz CT molecular complexity index is 796. The van der Waals surface area contributed by atoms with Crippen molar-refractivity contribution in [2.45, 2.75) is 19.9 Å². The third-order valence-corrected chi connectivity index (χ3v) is 4.15. The predicted molar refractivity (Wildman–Crippen MR) is 86.0 cm³/mol. The predicted octanol–water partition coefficient (Wildman–Crippen LogP) is 2.33. The molecule has 7 nitrogen and oxygen atoms in total. The van der Waals surface area contributed by atoms with Crippen LogP contribution in [-0.2, 0) is 7.05 Å². The zero-order chi connectivity index (χ0) is 16.6. The normalized spacial score (nSPS) is 14.1. The number of ether oxygens (including phenoxy) is 2. The molecular formula is C15H18N4O3S. The van der Waals surface area contributed by atoms with Gasteiger partial charge in [0.25, 0.3) is 5.91 Å². The Morgan fingerprint density at radius 3 is 2.78 bits per heavy atom. The minimum absolute atomic E-state index is 0.150. The van der Waals surface area contributed by atoms with Crippen LogP contribution in [0, 0.1) is 10.7 Å². The largest absolute Gasteiger partial charge is 0.454 e. The SMILES string of the molecule is CC(C)[C@H](NC(=O)c1ccc2c(c1)OCO2)c1n[nH]c(=S)n1C. The topological polar surface area (TPSA) is 81.2 Å². The molecule has 2 aromatic rings. The molecule has 0 saturated heterocycles. The van der Waals surface area contributed by atoms with Crippen LogP contribution in [0.1, 0.15) is 36.1 Å². The monoisotopic (exact) mass is 334 g/mol. The van der Waals surface area contributed by atoms with Crippen molar-refractivity contribution >= 4 is 18.1 Å². The number of hydrogen-bond donors (Lipinski definition) is 2. The lowest BCUT2D eigenvalue weighted by Gasteiger charge is -2.21. The summed E-state index contributed by atoms with van der Waals surface area (Å²) in [5.74, 6) is 1.88. The number of benzene rings is 1. The lowest BCUT2D eigenvalue weighted by atomic mass is 10.0. The number of carbonyl (C=O) groups excluding carboxylic acids is 1. The van der Waals surface area contributed by atoms with E-state index in [-0.39, 0.29) is 24.7 Å². The van der Waals surface area contributed by atoms with Gasteiger partial charge in [-0.15, -0.1) is 0 Å². The molecule has 2 heterocycles. The van der Waals surface area contributed by atoms with Gasteiger partial charge in [-0.1, -0.05) is 13.8 Å². The summed E-state index contributed by atoms with van der Waals surface area (Å²) in [6.45, 7) is 4.21. The quantitative estimate of drug-likeness (QED) is 0.839. The summed E-state index contributed by atoms with van der Waals surface area (Å²) in [7, 11) is 1.82. The number of fused-ring (bicyclic) bond motifs is 1. The van der Waals surface area contributed by atoms with Crippen molar-refractivity contribution < 1.29 is 14.3 Å². The molecule has 1 amide bonds. The summed E-state index contributed by atoms with van der Waals surface area (Å²) in [5.41, 5.74) is 0.511. The van der Waals surface area contributed by atoms with Crippen molar-refractivity contribution in [3.8, 4) is 11.5 Å². The van der Waals surface area contributed by atoms with Crippen molar-refractivity contribution in [1.82, 2.24) is 20.1 Å². The maximum absolute atomic E-state index is 12.6. The molecular weight excluding hydrogens is 316 g/mol. The lowest BCUT2D eigenvalue weighted by Crippen LogP contribution is -2.33. The molecule has 3 rings (SSSR count). The van der Waals surface area contributed by atoms with E-state index < -0.39 is 0 Å². The van der Waals surface area contributed by atoms with Crippen LogP contribution in [0.3, 0.4) is 0 Å². The molecule has 0 unspecified atom stereocenters. The third kappa shape index (κ3) is 2.94. The van der Waals surface area contributed by atoms with E-state index >= 15 is 0 Å². The van der Waals surface area contributed by atoms with E-state index in [2.05, 4.69) is 15.5 Å². The van der Waals surface area contributed by atoms with E-state index in [1.165, 1.54) is 0 Å². The number of rotatable bonds is 4. The first kappa shape index (κ1) is 15.5. The van der Waals surface area contributed by atoms with E-state index in [0.717, 1.165) is 0 Å². The second-order valence-electron chi connectivity index (χ2n) is 5.71. The van der Waals surface area contributed by atoms with Gasteiger partial charge in [0.1, 0.15) is 0 Å². The van der Waals surface area contributed by atoms with Crippen LogP contribution in [0.25, 0.3) is 0 Å². The van der Waals surface area contributed by atoms with Gasteiger partial charge >= 0.3 is 0 Å². The Labute approximate surface area is 138 Å². The number of H-pyrrole nitrogens is 1. The highest BCUT2D eigenvalue weighted by atomic mass is 32.1. The Hall–Kier alpha value is -2.35. The molecule has 1 aromatic carbocycles. The zero-order valence-corrected chi connectivity index (χ0v) is 13.9. The summed E-state index contributed by atoms with van der Waals surface area (Å²) in [5, 5.41) is 9.98. The molecule has 0 radical (unpaired) electrons. The maximum Gasteiger partial charge on any atom is 0.252 e. The molecule has 1 aliphatic heterocycles. The van der Waals surface area contributed by atoms with Crippen molar-refractivity contribution in [3.63, 3.8) is 0 Å². The molecule has 0 saturated carbocycles. The molecule has 1 atom stereocenters. The van der Waals surface area contributed by atoms with Gasteiger partial charge in [0, 0.05) is 12.6 Å². The molecule has 0 bridgehead atoms. The molecule has 2 N–H and O–H groups in total. The van der Waals surface area contributed by atoms with Gasteiger partial charge in [-0.3, -0.25) is 9.89 Å². The summed E-state index contributed by atoms with van der Waals surface area (Å²) in [6, 6.07) is 4.87. The summed E-state index contributed by atoms with van der Waals surface area (Å²) >= 11 is 5.14. The molecule has 8 heteroatoms. The molecule has 0 aliphatic carbocycles. The summed E-state index contributed by atoms with van der Waals surface area (Å²) in [6.07, 6.45) is 0. The Balaban J connectivity index is 1.84. The zero-order valence-electron chi connectivity index (χ0n) is 13.1. The van der Waals surface area contributed by atoms with E-state index in [1.807, 2.05) is 20.9 Å². The Morgan fingerprint density at radius 2 is 2.13 bits per heavy atom. The Kier molecular flexibility index (Phi) is 4.08. The van der Waals surface area contributed by atoms with Gasteiger partial charge in [-0.05, 0) is 36.3 Å². The van der Waals surface area contributed by atoms with Gasteiger partial charge in [0.05, 0.1) is 6.04 Å². The summed E-state index contributed by atoms with van der Waals surface area (Å²) in [4.78, 5) is 12.6. The second kappa shape index (κ2) is 6.04. The highest BCUT2D eigenvalue weighted by molar-refractivity contribution is 7.71. The number of aromatic amines is 1. The number of hydrogen-bond acceptors (Lipinski definition) is 5. The van der Waals surface area contributed by atoms with Crippen LogP contribution in [0.4, 0.5) is 0 Å². The molecule has 1 aromatic heterocycles. The fourth-order valence-corrected chi connectivity index (χ4v) is 2.57. The number of aromatic nitrogens is 3. The van der Waals surface area contributed by atoms with Crippen LogP contribution in [-0.4, -0.2) is 27.5 Å². The van der Waals surface area contributed by atoms with Crippen LogP contribution < -0.4 is 14.8 Å². The molecule has 0 fully saturated rings.